The second-order valence-electron chi connectivity index (χ2n) is 8.70. The average molecular weight is 545 g/mol. The number of hydrogen-bond acceptors (Lipinski definition) is 6. The van der Waals surface area contributed by atoms with E-state index in [1.54, 1.807) is 36.0 Å². The van der Waals surface area contributed by atoms with Crippen LogP contribution in [0.25, 0.3) is 22.3 Å². The molecule has 0 unspecified atom stereocenters. The summed E-state index contributed by atoms with van der Waals surface area (Å²) in [5, 5.41) is 13.3. The zero-order chi connectivity index (χ0) is 28.2. The number of anilines is 3. The highest BCUT2D eigenvalue weighted by Gasteiger charge is 2.31. The Bertz CT molecular complexity index is 1450. The lowest BCUT2D eigenvalue weighted by atomic mass is 10.1. The van der Waals surface area contributed by atoms with Gasteiger partial charge < -0.3 is 20.9 Å². The summed E-state index contributed by atoms with van der Waals surface area (Å²) in [7, 11) is 1.78. The Kier molecular flexibility index (Phi) is 8.29. The fourth-order valence-corrected chi connectivity index (χ4v) is 4.09. The van der Waals surface area contributed by atoms with E-state index in [-0.39, 0.29) is 0 Å². The topological polar surface area (TPSA) is 100 Å². The monoisotopic (exact) mass is 544 g/mol. The Balaban J connectivity index is 1.50. The molecular weight excluding hydrogens is 516 g/mol. The molecule has 0 bridgehead atoms. The largest absolute Gasteiger partial charge is 0.416 e. The van der Waals surface area contributed by atoms with Crippen molar-refractivity contribution in [3.8, 4) is 11.3 Å². The molecule has 0 aliphatic rings. The van der Waals surface area contributed by atoms with Crippen molar-refractivity contribution < 1.29 is 22.4 Å². The van der Waals surface area contributed by atoms with Gasteiger partial charge in [0.15, 0.2) is 5.65 Å². The average Bonchev–Trinajstić information content (AvgIpc) is 3.25. The molecule has 13 heteroatoms. The van der Waals surface area contributed by atoms with Gasteiger partial charge in [0.25, 0.3) is 0 Å². The third kappa shape index (κ3) is 6.42. The molecule has 0 aliphatic carbocycles. The van der Waals surface area contributed by atoms with Crippen molar-refractivity contribution in [1.29, 1.82) is 0 Å². The van der Waals surface area contributed by atoms with Crippen LogP contribution in [-0.4, -0.2) is 56.9 Å². The number of nitrogens with one attached hydrogen (secondary N) is 3. The summed E-state index contributed by atoms with van der Waals surface area (Å²) >= 11 is 0. The van der Waals surface area contributed by atoms with Crippen LogP contribution in [0.2, 0.25) is 0 Å². The molecule has 206 valence electrons. The highest BCUT2D eigenvalue weighted by molar-refractivity contribution is 6.01. The minimum atomic E-state index is -4.67. The molecule has 0 atom stereocenters. The van der Waals surface area contributed by atoms with E-state index in [9.17, 15) is 22.4 Å². The maximum atomic E-state index is 14.0. The lowest BCUT2D eigenvalue weighted by Crippen LogP contribution is -2.28. The van der Waals surface area contributed by atoms with Crippen LogP contribution >= 0.6 is 0 Å². The summed E-state index contributed by atoms with van der Waals surface area (Å²) in [6.07, 6.45) is -3.19. The van der Waals surface area contributed by atoms with Gasteiger partial charge in [-0.25, -0.2) is 23.8 Å². The van der Waals surface area contributed by atoms with Gasteiger partial charge in [-0.2, -0.15) is 18.3 Å². The summed E-state index contributed by atoms with van der Waals surface area (Å²) in [5.41, 5.74) is 0.710. The predicted octanol–water partition coefficient (Wildman–Crippen LogP) is 5.59. The van der Waals surface area contributed by atoms with Crippen molar-refractivity contribution in [3.05, 3.63) is 60.2 Å². The first-order chi connectivity index (χ1) is 18.6. The van der Waals surface area contributed by atoms with Gasteiger partial charge >= 0.3 is 12.2 Å². The van der Waals surface area contributed by atoms with Crippen molar-refractivity contribution in [2.45, 2.75) is 20.0 Å². The van der Waals surface area contributed by atoms with Crippen LogP contribution in [-0.2, 0) is 13.2 Å². The molecule has 9 nitrogen and oxygen atoms in total. The van der Waals surface area contributed by atoms with Gasteiger partial charge in [0.05, 0.1) is 16.6 Å². The molecule has 0 fully saturated rings. The van der Waals surface area contributed by atoms with Crippen molar-refractivity contribution >= 4 is 34.3 Å². The highest BCUT2D eigenvalue weighted by atomic mass is 19.4. The predicted molar refractivity (Wildman–Crippen MR) is 142 cm³/mol. The molecule has 4 rings (SSSR count). The zero-order valence-electron chi connectivity index (χ0n) is 21.6. The molecule has 0 aliphatic heterocycles. The number of aromatic nitrogens is 4. The minimum Gasteiger partial charge on any atom is -0.368 e. The normalized spacial score (nSPS) is 11.7. The number of likely N-dealkylation sites (N-methyl/N-ethyl adjacent to an activating group) is 1. The van der Waals surface area contributed by atoms with Crippen LogP contribution in [0.3, 0.4) is 0 Å². The van der Waals surface area contributed by atoms with E-state index in [2.05, 4.69) is 49.8 Å². The van der Waals surface area contributed by atoms with Crippen molar-refractivity contribution in [1.82, 2.24) is 24.6 Å². The number of aryl methyl sites for hydroxylation is 1. The molecule has 4 aromatic rings. The molecule has 3 N–H and O–H groups in total. The third-order valence-electron chi connectivity index (χ3n) is 6.19. The number of fused-ring (bicyclic) bond motifs is 1. The molecule has 2 amide bonds. The number of nitrogens with zero attached hydrogens (tertiary/aromatic N) is 5. The lowest BCUT2D eigenvalue weighted by Gasteiger charge is -2.18. The van der Waals surface area contributed by atoms with Gasteiger partial charge in [-0.15, -0.1) is 0 Å². The standard InChI is InChI=1S/C26H28F4N8O/c1-4-38(5-2)13-12-31-23-21-22(36-37(3)24(21)33-15-32-23)16-6-9-18(10-7-16)34-25(39)35-20-14-17(26(28,29)30)8-11-19(20)27/h6-11,14-15H,4-5,12-13H2,1-3H3,(H,31,32,33)(H2,34,35,39). The van der Waals surface area contributed by atoms with E-state index < -0.39 is 29.3 Å². The summed E-state index contributed by atoms with van der Waals surface area (Å²) in [4.78, 5) is 23.4. The second kappa shape index (κ2) is 11.6. The molecule has 2 heterocycles. The fraction of sp³-hybridized carbons (Fsp3) is 0.308. The van der Waals surface area contributed by atoms with E-state index >= 15 is 0 Å². The van der Waals surface area contributed by atoms with Crippen molar-refractivity contribution in [2.75, 3.05) is 42.1 Å². The number of carbonyl (C=O) groups is 1. The maximum absolute atomic E-state index is 14.0. The molecule has 0 spiro atoms. The van der Waals surface area contributed by atoms with E-state index in [4.69, 9.17) is 0 Å². The molecular formula is C26H28F4N8O. The summed E-state index contributed by atoms with van der Waals surface area (Å²) in [6.45, 7) is 7.65. The van der Waals surface area contributed by atoms with E-state index in [1.807, 2.05) is 0 Å². The molecule has 2 aromatic heterocycles. The number of halogens is 4. The van der Waals surface area contributed by atoms with Crippen molar-refractivity contribution in [2.24, 2.45) is 7.05 Å². The Hall–Kier alpha value is -4.26. The van der Waals surface area contributed by atoms with Crippen LogP contribution < -0.4 is 16.0 Å². The SMILES string of the molecule is CCN(CC)CCNc1ncnc2c1c(-c1ccc(NC(=O)Nc3cc(C(F)(F)F)ccc3F)cc1)nn2C. The number of benzene rings is 2. The molecule has 0 radical (unpaired) electrons. The molecule has 2 aromatic carbocycles. The first-order valence-electron chi connectivity index (χ1n) is 12.3. The number of carbonyl (C=O) groups excluding carboxylic acids is 1. The summed E-state index contributed by atoms with van der Waals surface area (Å²) < 4.78 is 54.4. The Morgan fingerprint density at radius 2 is 1.74 bits per heavy atom. The van der Waals surface area contributed by atoms with Gasteiger partial charge in [-0.3, -0.25) is 0 Å². The van der Waals surface area contributed by atoms with Crippen LogP contribution in [0.5, 0.6) is 0 Å². The van der Waals surface area contributed by atoms with Gasteiger partial charge in [0.1, 0.15) is 23.7 Å². The Morgan fingerprint density at radius 3 is 2.41 bits per heavy atom. The smallest absolute Gasteiger partial charge is 0.368 e. The minimum absolute atomic E-state index is 0.345. The first-order valence-corrected chi connectivity index (χ1v) is 12.3. The maximum Gasteiger partial charge on any atom is 0.416 e. The third-order valence-corrected chi connectivity index (χ3v) is 6.19. The Morgan fingerprint density at radius 1 is 1.03 bits per heavy atom. The second-order valence-corrected chi connectivity index (χ2v) is 8.70. The quantitative estimate of drug-likeness (QED) is 0.238. The van der Waals surface area contributed by atoms with E-state index in [0.717, 1.165) is 30.6 Å². The number of rotatable bonds is 9. The summed E-state index contributed by atoms with van der Waals surface area (Å²) in [5.74, 6) is -0.334. The molecule has 39 heavy (non-hydrogen) atoms. The van der Waals surface area contributed by atoms with Gasteiger partial charge in [-0.05, 0) is 43.4 Å². The molecule has 0 saturated carbocycles. The van der Waals surface area contributed by atoms with E-state index in [1.165, 1.54) is 6.33 Å². The van der Waals surface area contributed by atoms with Crippen LogP contribution in [0.1, 0.15) is 19.4 Å². The van der Waals surface area contributed by atoms with Crippen molar-refractivity contribution in [3.63, 3.8) is 0 Å². The highest BCUT2D eigenvalue weighted by Crippen LogP contribution is 2.33. The molecule has 0 saturated heterocycles. The van der Waals surface area contributed by atoms with Crippen LogP contribution in [0.15, 0.2) is 48.8 Å². The summed E-state index contributed by atoms with van der Waals surface area (Å²) in [6, 6.07) is 7.59. The first kappa shape index (κ1) is 27.8. The lowest BCUT2D eigenvalue weighted by molar-refractivity contribution is -0.137. The van der Waals surface area contributed by atoms with Gasteiger partial charge in [0.2, 0.25) is 0 Å². The Labute approximate surface area is 222 Å². The van der Waals surface area contributed by atoms with Gasteiger partial charge in [0, 0.05) is 31.4 Å². The fourth-order valence-electron chi connectivity index (χ4n) is 4.09. The number of urea groups is 1. The number of alkyl halides is 3. The number of amides is 2. The van der Waals surface area contributed by atoms with Crippen LogP contribution in [0.4, 0.5) is 39.5 Å². The van der Waals surface area contributed by atoms with E-state index in [0.29, 0.717) is 47.6 Å². The zero-order valence-corrected chi connectivity index (χ0v) is 21.6. The van der Waals surface area contributed by atoms with Crippen LogP contribution in [0, 0.1) is 5.82 Å². The van der Waals surface area contributed by atoms with Gasteiger partial charge in [-0.1, -0.05) is 26.0 Å². The number of hydrogen-bond donors (Lipinski definition) is 3.